The molecule has 0 aromatic rings. The quantitative estimate of drug-likeness (QED) is 0.0655. The molecule has 0 spiro atoms. The molecule has 30 nitrogen and oxygen atoms in total. The van der Waals surface area contributed by atoms with Crippen LogP contribution >= 0.6 is 0 Å². The summed E-state index contributed by atoms with van der Waals surface area (Å²) < 4.78 is 73.2. The Morgan fingerprint density at radius 2 is 0.646 bits per heavy atom. The summed E-state index contributed by atoms with van der Waals surface area (Å²) in [5.41, 5.74) is -3.03. The average molecular weight is 1380 g/mol. The van der Waals surface area contributed by atoms with E-state index in [1.54, 1.807) is 96.9 Å². The molecule has 0 radical (unpaired) electrons. The van der Waals surface area contributed by atoms with Gasteiger partial charge in [-0.05, 0) is 115 Å². The molecule has 5 fully saturated rings. The fraction of sp³-hybridized carbons (Fsp3) is 0.773. The molecule has 5 aliphatic heterocycles. The maximum Gasteiger partial charge on any atom is 0.347 e. The lowest BCUT2D eigenvalue weighted by Crippen LogP contribution is -2.32. The van der Waals surface area contributed by atoms with Gasteiger partial charge in [0.1, 0.15) is 25.4 Å². The first-order valence-corrected chi connectivity index (χ1v) is 32.2. The Morgan fingerprint density at radius 1 is 0.365 bits per heavy atom. The smallest absolute Gasteiger partial charge is 0.347 e. The van der Waals surface area contributed by atoms with Crippen LogP contribution in [0.3, 0.4) is 0 Å². The molecule has 0 saturated carbocycles. The normalized spacial score (nSPS) is 21.9. The molecule has 0 N–H and O–H groups in total. The summed E-state index contributed by atoms with van der Waals surface area (Å²) in [6, 6.07) is 0. The molecule has 30 heteroatoms. The predicted molar refractivity (Wildman–Crippen MR) is 330 cm³/mol. The van der Waals surface area contributed by atoms with Crippen molar-refractivity contribution < 1.29 is 143 Å². The number of hydrogen-bond acceptors (Lipinski definition) is 30. The summed E-state index contributed by atoms with van der Waals surface area (Å²) in [4.78, 5) is 172. The number of esters is 15. The second-order valence-electron chi connectivity index (χ2n) is 26.6. The molecule has 0 aliphatic carbocycles. The minimum atomic E-state index is -0.898. The van der Waals surface area contributed by atoms with Gasteiger partial charge in [-0.2, -0.15) is 0 Å². The highest BCUT2D eigenvalue weighted by Gasteiger charge is 2.41. The van der Waals surface area contributed by atoms with E-state index in [2.05, 4.69) is 4.74 Å². The van der Waals surface area contributed by atoms with Crippen LogP contribution in [0, 0.1) is 38.9 Å². The van der Waals surface area contributed by atoms with Crippen LogP contribution in [0.25, 0.3) is 0 Å². The Labute approximate surface area is 561 Å². The zero-order chi connectivity index (χ0) is 73.7. The third kappa shape index (κ3) is 30.0. The Balaban J connectivity index is 0.000000600. The van der Waals surface area contributed by atoms with E-state index < -0.39 is 155 Å². The van der Waals surface area contributed by atoms with Crippen LogP contribution in [-0.2, 0) is 143 Å². The van der Waals surface area contributed by atoms with Crippen LogP contribution in [0.4, 0.5) is 0 Å². The summed E-state index contributed by atoms with van der Waals surface area (Å²) in [7, 11) is 0. The third-order valence-electron chi connectivity index (χ3n) is 16.2. The fourth-order valence-electron chi connectivity index (χ4n) is 7.28. The zero-order valence-electron chi connectivity index (χ0n) is 59.2. The maximum atomic E-state index is 11.7. The van der Waals surface area contributed by atoms with Gasteiger partial charge >= 0.3 is 89.5 Å². The van der Waals surface area contributed by atoms with E-state index in [1.807, 2.05) is 34.6 Å². The summed E-state index contributed by atoms with van der Waals surface area (Å²) >= 11 is 0. The molecular weight excluding hydrogens is 1270 g/mol. The maximum absolute atomic E-state index is 11.7. The topological polar surface area (TPSA) is 394 Å². The first-order chi connectivity index (χ1) is 44.4. The van der Waals surface area contributed by atoms with Crippen molar-refractivity contribution in [1.29, 1.82) is 0 Å². The van der Waals surface area contributed by atoms with Crippen molar-refractivity contribution in [2.45, 2.75) is 238 Å². The Kier molecular flexibility index (Phi) is 35.8. The molecule has 5 aliphatic rings. The lowest BCUT2D eigenvalue weighted by Gasteiger charge is -2.20. The lowest BCUT2D eigenvalue weighted by atomic mass is 9.91. The van der Waals surface area contributed by atoms with Crippen LogP contribution in [0.1, 0.15) is 196 Å². The molecule has 5 saturated heterocycles. The number of cyclic esters (lactones) is 5. The second-order valence-corrected chi connectivity index (χ2v) is 26.6. The average Bonchev–Trinajstić information content (AvgIpc) is 1.62. The molecule has 0 amide bonds. The highest BCUT2D eigenvalue weighted by molar-refractivity contribution is 5.86. The first-order valence-electron chi connectivity index (χ1n) is 32.2. The van der Waals surface area contributed by atoms with Gasteiger partial charge in [0, 0.05) is 31.1 Å². The summed E-state index contributed by atoms with van der Waals surface area (Å²) in [6.45, 7) is 33.0. The molecular formula is C66H102O30. The number of carbonyl (C=O) groups is 15. The van der Waals surface area contributed by atoms with E-state index in [9.17, 15) is 71.9 Å². The molecule has 0 aromatic heterocycles. The Morgan fingerprint density at radius 3 is 0.896 bits per heavy atom. The van der Waals surface area contributed by atoms with Gasteiger partial charge < -0.3 is 71.1 Å². The molecule has 546 valence electrons. The highest BCUT2D eigenvalue weighted by Crippen LogP contribution is 2.27. The van der Waals surface area contributed by atoms with E-state index in [0.29, 0.717) is 51.4 Å². The van der Waals surface area contributed by atoms with Crippen LogP contribution in [0.15, 0.2) is 0 Å². The van der Waals surface area contributed by atoms with Crippen molar-refractivity contribution in [2.75, 3.05) is 52.9 Å². The summed E-state index contributed by atoms with van der Waals surface area (Å²) in [5, 5.41) is 0. The number of ether oxygens (including phenoxy) is 15. The highest BCUT2D eigenvalue weighted by atomic mass is 16.7. The van der Waals surface area contributed by atoms with Gasteiger partial charge in [0.05, 0.1) is 59.7 Å². The van der Waals surface area contributed by atoms with Gasteiger partial charge in [-0.1, -0.05) is 48.5 Å². The molecule has 5 heterocycles. The summed E-state index contributed by atoms with van der Waals surface area (Å²) in [5.74, 6) is -8.49. The molecule has 0 bridgehead atoms. The van der Waals surface area contributed by atoms with E-state index in [-0.39, 0.29) is 81.9 Å². The van der Waals surface area contributed by atoms with Gasteiger partial charge in [-0.25, -0.2) is 38.4 Å². The van der Waals surface area contributed by atoms with E-state index in [1.165, 1.54) is 0 Å². The van der Waals surface area contributed by atoms with Crippen LogP contribution in [-0.4, -0.2) is 185 Å². The van der Waals surface area contributed by atoms with Crippen molar-refractivity contribution in [3.8, 4) is 0 Å². The van der Waals surface area contributed by atoms with Crippen LogP contribution in [0.5, 0.6) is 0 Å². The number of rotatable bonds is 27. The minimum absolute atomic E-state index is 0.0388. The predicted octanol–water partition coefficient (Wildman–Crippen LogP) is 6.17. The number of carbonyl (C=O) groups excluding carboxylic acids is 15. The molecule has 5 rings (SSSR count). The lowest BCUT2D eigenvalue weighted by molar-refractivity contribution is -0.171. The fourth-order valence-corrected chi connectivity index (χ4v) is 7.28. The van der Waals surface area contributed by atoms with Crippen LogP contribution in [0.2, 0.25) is 0 Å². The van der Waals surface area contributed by atoms with Crippen molar-refractivity contribution >= 4 is 89.5 Å². The zero-order valence-corrected chi connectivity index (χ0v) is 59.2. The number of hydrogen-bond donors (Lipinski definition) is 0. The second kappa shape index (κ2) is 39.9. The Bertz CT molecular complexity index is 2630. The van der Waals surface area contributed by atoms with E-state index in [4.69, 9.17) is 66.3 Å². The largest absolute Gasteiger partial charge is 0.465 e. The standard InChI is InChI=1S/C14H22O6.4C13H20O6/c1-5-14(3,4)13(17)18-7-6-11(15)20-10-8-9(2)19-12(10)16;2*1-5-13(3,4)12(16)18-7-9(14)19-10-8(2)6-17-11(10)15;1-5-13(3,4)12(16)17-7-10(14)19-9-6-8(2)18-11(9)15;1-4-13(2,3)12(16)18-8-6-10(14)19-9-5-7-17-11(9)15/h9-10H,5-8H2,1-4H3;2*8,10H,5-7H2,1-4H3;8-9H,5-7H2,1-4H3;9H,4-8H2,1-3H3. The first kappa shape index (κ1) is 86.1. The monoisotopic (exact) mass is 1370 g/mol. The van der Waals surface area contributed by atoms with Crippen molar-refractivity contribution in [3.63, 3.8) is 0 Å². The molecule has 9 unspecified atom stereocenters. The molecule has 0 aromatic carbocycles. The van der Waals surface area contributed by atoms with Gasteiger partial charge in [-0.15, -0.1) is 0 Å². The minimum Gasteiger partial charge on any atom is -0.465 e. The van der Waals surface area contributed by atoms with Crippen molar-refractivity contribution in [1.82, 2.24) is 0 Å². The van der Waals surface area contributed by atoms with Crippen molar-refractivity contribution in [3.05, 3.63) is 0 Å². The molecule has 9 atom stereocenters. The molecule has 96 heavy (non-hydrogen) atoms. The van der Waals surface area contributed by atoms with E-state index >= 15 is 0 Å². The van der Waals surface area contributed by atoms with Crippen molar-refractivity contribution in [2.24, 2.45) is 38.9 Å². The Hall–Kier alpha value is -7.95. The van der Waals surface area contributed by atoms with Gasteiger partial charge in [0.2, 0.25) is 30.5 Å². The van der Waals surface area contributed by atoms with E-state index in [0.717, 1.165) is 0 Å². The van der Waals surface area contributed by atoms with Gasteiger partial charge in [0.25, 0.3) is 0 Å². The van der Waals surface area contributed by atoms with Gasteiger partial charge in [-0.3, -0.25) is 33.6 Å². The van der Waals surface area contributed by atoms with Crippen LogP contribution < -0.4 is 0 Å². The SMILES string of the molecule is CCC(C)(C)C(=O)OCC(=O)OC1C(=O)OCC1C.CCC(C)(C)C(=O)OCC(=O)OC1C(=O)OCC1C.CCC(C)(C)C(=O)OCC(=O)OC1CC(C)OC1=O.CCC(C)(C)C(=O)OCCC(=O)OC1CC(C)OC1=O.CCC(C)(C)C(=O)OCCC(=O)OC1CCOC1=O. The summed E-state index contributed by atoms with van der Waals surface area (Å²) in [6.07, 6.45) is -0.736. The van der Waals surface area contributed by atoms with Gasteiger partial charge in [0.15, 0.2) is 19.8 Å². The third-order valence-corrected chi connectivity index (χ3v) is 16.2.